The number of aryl methyl sites for hydroxylation is 2. The van der Waals surface area contributed by atoms with E-state index < -0.39 is 0 Å². The number of hydrogen-bond donors (Lipinski definition) is 1. The second-order valence-corrected chi connectivity index (χ2v) is 5.21. The van der Waals surface area contributed by atoms with Gasteiger partial charge in [-0.25, -0.2) is 4.98 Å². The van der Waals surface area contributed by atoms with Gasteiger partial charge in [-0.15, -0.1) is 0 Å². The van der Waals surface area contributed by atoms with Gasteiger partial charge in [0.1, 0.15) is 0 Å². The Bertz CT molecular complexity index is 589. The predicted molar refractivity (Wildman–Crippen MR) is 83.4 cm³/mol. The third-order valence-electron chi connectivity index (χ3n) is 3.79. The van der Waals surface area contributed by atoms with Crippen LogP contribution in [0.25, 0.3) is 0 Å². The predicted octanol–water partition coefficient (Wildman–Crippen LogP) is 2.77. The highest BCUT2D eigenvalue weighted by Gasteiger charge is 2.16. The molecule has 5 heteroatoms. The van der Waals surface area contributed by atoms with E-state index in [9.17, 15) is 0 Å². The third kappa shape index (κ3) is 3.42. The first-order valence-corrected chi connectivity index (χ1v) is 7.33. The van der Waals surface area contributed by atoms with E-state index in [0.717, 1.165) is 24.3 Å². The Morgan fingerprint density at radius 2 is 2.10 bits per heavy atom. The molecule has 0 radical (unpaired) electrons. The van der Waals surface area contributed by atoms with Crippen molar-refractivity contribution in [3.8, 4) is 5.88 Å². The molecule has 1 N–H and O–H groups in total. The van der Waals surface area contributed by atoms with Crippen molar-refractivity contribution < 1.29 is 4.74 Å². The lowest BCUT2D eigenvalue weighted by atomic mass is 10.1. The zero-order chi connectivity index (χ0) is 15.4. The molecular weight excluding hydrogens is 264 g/mol. The molecule has 0 bridgehead atoms. The highest BCUT2D eigenvalue weighted by atomic mass is 16.5. The monoisotopic (exact) mass is 288 g/mol. The van der Waals surface area contributed by atoms with E-state index in [4.69, 9.17) is 4.74 Å². The molecule has 2 rings (SSSR count). The van der Waals surface area contributed by atoms with Gasteiger partial charge in [0, 0.05) is 42.7 Å². The summed E-state index contributed by atoms with van der Waals surface area (Å²) in [5.41, 5.74) is 4.77. The standard InChI is InChI=1S/C16H24N4O/c1-6-20-13(4)16(12(3)19-20)11(2)17-9-14-7-8-15(21-5)18-10-14/h7-8,10-11,17H,6,9H2,1-5H3. The van der Waals surface area contributed by atoms with E-state index >= 15 is 0 Å². The van der Waals surface area contributed by atoms with Gasteiger partial charge in [0.05, 0.1) is 12.8 Å². The van der Waals surface area contributed by atoms with Crippen LogP contribution in [0.3, 0.4) is 0 Å². The Morgan fingerprint density at radius 3 is 2.62 bits per heavy atom. The third-order valence-corrected chi connectivity index (χ3v) is 3.79. The van der Waals surface area contributed by atoms with Gasteiger partial charge in [0.25, 0.3) is 0 Å². The second kappa shape index (κ2) is 6.72. The molecule has 2 aromatic rings. The number of aromatic nitrogens is 3. The molecule has 21 heavy (non-hydrogen) atoms. The number of pyridine rings is 1. The first kappa shape index (κ1) is 15.5. The number of nitrogens with zero attached hydrogens (tertiary/aromatic N) is 3. The molecule has 0 saturated carbocycles. The summed E-state index contributed by atoms with van der Waals surface area (Å²) in [6.45, 7) is 10.2. The Balaban J connectivity index is 2.04. The number of rotatable bonds is 6. The van der Waals surface area contributed by atoms with Gasteiger partial charge < -0.3 is 10.1 Å². The average molecular weight is 288 g/mol. The molecule has 0 aliphatic carbocycles. The minimum Gasteiger partial charge on any atom is -0.481 e. The molecule has 0 aliphatic rings. The molecule has 0 aliphatic heterocycles. The molecule has 0 aromatic carbocycles. The van der Waals surface area contributed by atoms with E-state index in [1.807, 2.05) is 18.3 Å². The van der Waals surface area contributed by atoms with E-state index in [1.54, 1.807) is 7.11 Å². The van der Waals surface area contributed by atoms with E-state index in [2.05, 4.69) is 47.8 Å². The molecule has 2 aromatic heterocycles. The minimum absolute atomic E-state index is 0.257. The van der Waals surface area contributed by atoms with Crippen LogP contribution in [0.4, 0.5) is 0 Å². The summed E-state index contributed by atoms with van der Waals surface area (Å²) in [5.74, 6) is 0.641. The van der Waals surface area contributed by atoms with Crippen LogP contribution in [0.5, 0.6) is 5.88 Å². The molecule has 2 heterocycles. The fraction of sp³-hybridized carbons (Fsp3) is 0.500. The van der Waals surface area contributed by atoms with Crippen LogP contribution in [-0.4, -0.2) is 21.9 Å². The summed E-state index contributed by atoms with van der Waals surface area (Å²) in [7, 11) is 1.62. The quantitative estimate of drug-likeness (QED) is 0.888. The van der Waals surface area contributed by atoms with Crippen molar-refractivity contribution in [1.82, 2.24) is 20.1 Å². The summed E-state index contributed by atoms with van der Waals surface area (Å²) in [4.78, 5) is 4.22. The number of ether oxygens (including phenoxy) is 1. The van der Waals surface area contributed by atoms with Crippen LogP contribution in [0.2, 0.25) is 0 Å². The topological polar surface area (TPSA) is 52.0 Å². The molecule has 0 amide bonds. The lowest BCUT2D eigenvalue weighted by molar-refractivity contribution is 0.397. The molecule has 5 nitrogen and oxygen atoms in total. The summed E-state index contributed by atoms with van der Waals surface area (Å²) < 4.78 is 7.12. The number of nitrogens with one attached hydrogen (secondary N) is 1. The molecule has 114 valence electrons. The van der Waals surface area contributed by atoms with Gasteiger partial charge in [0.2, 0.25) is 5.88 Å². The molecule has 1 atom stereocenters. The maximum absolute atomic E-state index is 5.07. The SMILES string of the molecule is CCn1nc(C)c(C(C)NCc2ccc(OC)nc2)c1C. The lowest BCUT2D eigenvalue weighted by Gasteiger charge is -2.15. The summed E-state index contributed by atoms with van der Waals surface area (Å²) in [6, 6.07) is 4.17. The zero-order valence-corrected chi connectivity index (χ0v) is 13.5. The van der Waals surface area contributed by atoms with Gasteiger partial charge >= 0.3 is 0 Å². The van der Waals surface area contributed by atoms with E-state index in [1.165, 1.54) is 11.3 Å². The summed E-state index contributed by atoms with van der Waals surface area (Å²) in [6.07, 6.45) is 1.84. The Kier molecular flexibility index (Phi) is 4.96. The van der Waals surface area contributed by atoms with Crippen LogP contribution in [0.15, 0.2) is 18.3 Å². The largest absolute Gasteiger partial charge is 0.481 e. The first-order chi connectivity index (χ1) is 10.1. The lowest BCUT2D eigenvalue weighted by Crippen LogP contribution is -2.19. The summed E-state index contributed by atoms with van der Waals surface area (Å²) >= 11 is 0. The van der Waals surface area contributed by atoms with Crippen LogP contribution in [-0.2, 0) is 13.1 Å². The Morgan fingerprint density at radius 1 is 1.33 bits per heavy atom. The van der Waals surface area contributed by atoms with Crippen molar-refractivity contribution in [1.29, 1.82) is 0 Å². The molecule has 0 spiro atoms. The minimum atomic E-state index is 0.257. The van der Waals surface area contributed by atoms with Crippen LogP contribution in [0, 0.1) is 13.8 Å². The van der Waals surface area contributed by atoms with Crippen LogP contribution < -0.4 is 10.1 Å². The first-order valence-electron chi connectivity index (χ1n) is 7.33. The average Bonchev–Trinajstić information content (AvgIpc) is 2.79. The fourth-order valence-corrected chi connectivity index (χ4v) is 2.65. The van der Waals surface area contributed by atoms with Crippen molar-refractivity contribution in [2.45, 2.75) is 46.8 Å². The van der Waals surface area contributed by atoms with Crippen molar-refractivity contribution >= 4 is 0 Å². The molecule has 0 fully saturated rings. The van der Waals surface area contributed by atoms with Crippen molar-refractivity contribution in [3.05, 3.63) is 40.8 Å². The van der Waals surface area contributed by atoms with Crippen LogP contribution in [0.1, 0.15) is 42.4 Å². The molecule has 1 unspecified atom stereocenters. The van der Waals surface area contributed by atoms with Gasteiger partial charge in [0.15, 0.2) is 0 Å². The van der Waals surface area contributed by atoms with Crippen molar-refractivity contribution in [2.75, 3.05) is 7.11 Å². The second-order valence-electron chi connectivity index (χ2n) is 5.21. The normalized spacial score (nSPS) is 12.4. The maximum Gasteiger partial charge on any atom is 0.212 e. The van der Waals surface area contributed by atoms with Gasteiger partial charge in [-0.05, 0) is 33.3 Å². The maximum atomic E-state index is 5.07. The van der Waals surface area contributed by atoms with Crippen molar-refractivity contribution in [3.63, 3.8) is 0 Å². The Labute approximate surface area is 126 Å². The highest BCUT2D eigenvalue weighted by Crippen LogP contribution is 2.21. The van der Waals surface area contributed by atoms with Gasteiger partial charge in [-0.1, -0.05) is 6.07 Å². The Hall–Kier alpha value is -1.88. The van der Waals surface area contributed by atoms with Gasteiger partial charge in [-0.2, -0.15) is 5.10 Å². The number of methoxy groups -OCH3 is 1. The van der Waals surface area contributed by atoms with Crippen LogP contribution >= 0.6 is 0 Å². The fourth-order valence-electron chi connectivity index (χ4n) is 2.65. The number of hydrogen-bond acceptors (Lipinski definition) is 4. The zero-order valence-electron chi connectivity index (χ0n) is 13.5. The smallest absolute Gasteiger partial charge is 0.212 e. The van der Waals surface area contributed by atoms with E-state index in [0.29, 0.717) is 5.88 Å². The molecular formula is C16H24N4O. The van der Waals surface area contributed by atoms with Crippen molar-refractivity contribution in [2.24, 2.45) is 0 Å². The molecule has 0 saturated heterocycles. The highest BCUT2D eigenvalue weighted by molar-refractivity contribution is 5.28. The van der Waals surface area contributed by atoms with E-state index in [-0.39, 0.29) is 6.04 Å². The van der Waals surface area contributed by atoms with Gasteiger partial charge in [-0.3, -0.25) is 4.68 Å². The summed E-state index contributed by atoms with van der Waals surface area (Å²) in [5, 5.41) is 8.11.